The molecule has 2 aromatic rings. The SMILES string of the molecule is Cc1c(Cl)cnn1Cc1cc(N)cc2c1OCOC2. The van der Waals surface area contributed by atoms with E-state index in [1.165, 1.54) is 0 Å². The molecule has 0 saturated heterocycles. The van der Waals surface area contributed by atoms with Crippen molar-refractivity contribution >= 4 is 17.3 Å². The number of ether oxygens (including phenoxy) is 2. The number of halogens is 1. The molecule has 2 N–H and O–H groups in total. The van der Waals surface area contributed by atoms with E-state index in [1.54, 1.807) is 6.20 Å². The molecule has 0 atom stereocenters. The zero-order valence-electron chi connectivity index (χ0n) is 10.5. The Morgan fingerprint density at radius 2 is 2.32 bits per heavy atom. The van der Waals surface area contributed by atoms with Crippen molar-refractivity contribution in [2.24, 2.45) is 0 Å². The molecule has 0 bridgehead atoms. The van der Waals surface area contributed by atoms with Gasteiger partial charge in [-0.05, 0) is 19.1 Å². The van der Waals surface area contributed by atoms with Crippen LogP contribution in [0, 0.1) is 6.92 Å². The number of nitrogens with zero attached hydrogens (tertiary/aromatic N) is 2. The number of fused-ring (bicyclic) bond motifs is 1. The van der Waals surface area contributed by atoms with Gasteiger partial charge in [0.15, 0.2) is 6.79 Å². The molecule has 0 amide bonds. The van der Waals surface area contributed by atoms with Gasteiger partial charge in [-0.25, -0.2) is 0 Å². The minimum Gasteiger partial charge on any atom is -0.467 e. The van der Waals surface area contributed by atoms with Gasteiger partial charge >= 0.3 is 0 Å². The van der Waals surface area contributed by atoms with Crippen molar-refractivity contribution in [2.45, 2.75) is 20.1 Å². The first-order valence-corrected chi connectivity index (χ1v) is 6.32. The predicted octanol–water partition coefficient (Wildman–Crippen LogP) is 2.34. The summed E-state index contributed by atoms with van der Waals surface area (Å²) in [6.07, 6.45) is 1.64. The molecule has 0 saturated carbocycles. The molecule has 3 rings (SSSR count). The van der Waals surface area contributed by atoms with E-state index < -0.39 is 0 Å². The zero-order valence-corrected chi connectivity index (χ0v) is 11.3. The largest absolute Gasteiger partial charge is 0.467 e. The minimum atomic E-state index is 0.267. The van der Waals surface area contributed by atoms with Gasteiger partial charge in [0.2, 0.25) is 0 Å². The minimum absolute atomic E-state index is 0.267. The van der Waals surface area contributed by atoms with Crippen molar-refractivity contribution < 1.29 is 9.47 Å². The number of aromatic nitrogens is 2. The quantitative estimate of drug-likeness (QED) is 0.857. The lowest BCUT2D eigenvalue weighted by Gasteiger charge is -2.21. The Morgan fingerprint density at radius 3 is 3.05 bits per heavy atom. The number of anilines is 1. The van der Waals surface area contributed by atoms with Gasteiger partial charge in [-0.3, -0.25) is 4.68 Å². The molecule has 19 heavy (non-hydrogen) atoms. The third-order valence-corrected chi connectivity index (χ3v) is 3.54. The van der Waals surface area contributed by atoms with E-state index in [2.05, 4.69) is 5.10 Å². The molecular formula is C13H14ClN3O2. The van der Waals surface area contributed by atoms with E-state index >= 15 is 0 Å². The van der Waals surface area contributed by atoms with Gasteiger partial charge in [-0.2, -0.15) is 5.10 Å². The Morgan fingerprint density at radius 1 is 1.47 bits per heavy atom. The average Bonchev–Trinajstić information content (AvgIpc) is 2.70. The number of benzene rings is 1. The van der Waals surface area contributed by atoms with Crippen molar-refractivity contribution in [3.63, 3.8) is 0 Å². The number of nitrogen functional groups attached to an aromatic ring is 1. The second-order valence-corrected chi connectivity index (χ2v) is 4.92. The Hall–Kier alpha value is -1.72. The van der Waals surface area contributed by atoms with Crippen molar-refractivity contribution in [1.29, 1.82) is 0 Å². The predicted molar refractivity (Wildman–Crippen MR) is 72.2 cm³/mol. The lowest BCUT2D eigenvalue weighted by molar-refractivity contribution is -0.0170. The summed E-state index contributed by atoms with van der Waals surface area (Å²) < 4.78 is 12.7. The number of nitrogens with two attached hydrogens (primary N) is 1. The summed E-state index contributed by atoms with van der Waals surface area (Å²) in [5.41, 5.74) is 9.48. The molecule has 5 nitrogen and oxygen atoms in total. The maximum Gasteiger partial charge on any atom is 0.189 e. The van der Waals surface area contributed by atoms with Gasteiger partial charge in [0.05, 0.1) is 30.1 Å². The first-order valence-electron chi connectivity index (χ1n) is 5.95. The highest BCUT2D eigenvalue weighted by Crippen LogP contribution is 2.31. The highest BCUT2D eigenvalue weighted by atomic mass is 35.5. The van der Waals surface area contributed by atoms with Crippen LogP contribution >= 0.6 is 11.6 Å². The molecule has 0 spiro atoms. The van der Waals surface area contributed by atoms with E-state index in [9.17, 15) is 0 Å². The first-order chi connectivity index (χ1) is 9.15. The normalized spacial score (nSPS) is 14.0. The summed E-state index contributed by atoms with van der Waals surface area (Å²) in [6.45, 7) is 3.29. The summed E-state index contributed by atoms with van der Waals surface area (Å²) in [4.78, 5) is 0. The molecule has 1 aromatic heterocycles. The molecule has 6 heteroatoms. The van der Waals surface area contributed by atoms with Crippen LogP contribution in [0.2, 0.25) is 5.02 Å². The van der Waals surface area contributed by atoms with Crippen molar-refractivity contribution in [3.8, 4) is 5.75 Å². The van der Waals surface area contributed by atoms with Crippen LogP contribution in [0.25, 0.3) is 0 Å². The lowest BCUT2D eigenvalue weighted by Crippen LogP contribution is -2.15. The molecule has 100 valence electrons. The monoisotopic (exact) mass is 279 g/mol. The van der Waals surface area contributed by atoms with E-state index in [4.69, 9.17) is 26.8 Å². The molecule has 1 aromatic carbocycles. The van der Waals surface area contributed by atoms with Crippen LogP contribution < -0.4 is 10.5 Å². The second kappa shape index (κ2) is 4.75. The number of hydrogen-bond acceptors (Lipinski definition) is 4. The molecule has 1 aliphatic rings. The van der Waals surface area contributed by atoms with Gasteiger partial charge in [-0.1, -0.05) is 11.6 Å². The standard InChI is InChI=1S/C13H14ClN3O2/c1-8-12(14)4-16-17(8)5-9-2-11(15)3-10-6-18-7-19-13(9)10/h2-4H,5-7,15H2,1H3. The fraction of sp³-hybridized carbons (Fsp3) is 0.308. The van der Waals surface area contributed by atoms with Crippen LogP contribution in [-0.2, 0) is 17.9 Å². The fourth-order valence-electron chi connectivity index (χ4n) is 2.19. The van der Waals surface area contributed by atoms with E-state index in [0.717, 1.165) is 22.6 Å². The number of hydrogen-bond donors (Lipinski definition) is 1. The highest BCUT2D eigenvalue weighted by Gasteiger charge is 2.17. The van der Waals surface area contributed by atoms with Crippen LogP contribution in [0.3, 0.4) is 0 Å². The topological polar surface area (TPSA) is 62.3 Å². The van der Waals surface area contributed by atoms with Gasteiger partial charge in [0.25, 0.3) is 0 Å². The summed E-state index contributed by atoms with van der Waals surface area (Å²) in [7, 11) is 0. The van der Waals surface area contributed by atoms with Crippen LogP contribution in [0.1, 0.15) is 16.8 Å². The molecule has 0 fully saturated rings. The molecule has 0 radical (unpaired) electrons. The molecule has 0 unspecified atom stereocenters. The van der Waals surface area contributed by atoms with Crippen molar-refractivity contribution in [3.05, 3.63) is 40.2 Å². The molecule has 1 aliphatic heterocycles. The fourth-order valence-corrected chi connectivity index (χ4v) is 2.33. The Labute approximate surface area is 115 Å². The highest BCUT2D eigenvalue weighted by molar-refractivity contribution is 6.31. The van der Waals surface area contributed by atoms with Crippen molar-refractivity contribution in [2.75, 3.05) is 12.5 Å². The molecular weight excluding hydrogens is 266 g/mol. The summed E-state index contributed by atoms with van der Waals surface area (Å²) >= 11 is 6.01. The van der Waals surface area contributed by atoms with Crippen LogP contribution in [0.15, 0.2) is 18.3 Å². The van der Waals surface area contributed by atoms with Crippen molar-refractivity contribution in [1.82, 2.24) is 9.78 Å². The van der Waals surface area contributed by atoms with Crippen LogP contribution in [0.4, 0.5) is 5.69 Å². The van der Waals surface area contributed by atoms with E-state index in [1.807, 2.05) is 23.7 Å². The Balaban J connectivity index is 2.00. The lowest BCUT2D eigenvalue weighted by atomic mass is 10.1. The maximum atomic E-state index is 6.01. The van der Waals surface area contributed by atoms with Gasteiger partial charge in [0, 0.05) is 16.8 Å². The molecule has 0 aliphatic carbocycles. The van der Waals surface area contributed by atoms with Gasteiger partial charge in [0.1, 0.15) is 5.75 Å². The second-order valence-electron chi connectivity index (χ2n) is 4.51. The van der Waals surface area contributed by atoms with E-state index in [0.29, 0.717) is 23.9 Å². The molecule has 2 heterocycles. The average molecular weight is 280 g/mol. The van der Waals surface area contributed by atoms with Crippen LogP contribution in [0.5, 0.6) is 5.75 Å². The summed E-state index contributed by atoms with van der Waals surface area (Å²) in [6, 6.07) is 3.78. The first kappa shape index (κ1) is 12.3. The summed E-state index contributed by atoms with van der Waals surface area (Å²) in [5.74, 6) is 0.839. The zero-order chi connectivity index (χ0) is 13.4. The third kappa shape index (κ3) is 2.27. The van der Waals surface area contributed by atoms with E-state index in [-0.39, 0.29) is 6.79 Å². The Kier molecular flexibility index (Phi) is 3.08. The smallest absolute Gasteiger partial charge is 0.189 e. The third-order valence-electron chi connectivity index (χ3n) is 3.17. The maximum absolute atomic E-state index is 6.01. The van der Waals surface area contributed by atoms with Gasteiger partial charge < -0.3 is 15.2 Å². The number of rotatable bonds is 2. The summed E-state index contributed by atoms with van der Waals surface area (Å²) in [5, 5.41) is 4.90. The van der Waals surface area contributed by atoms with Gasteiger partial charge in [-0.15, -0.1) is 0 Å². The Bertz CT molecular complexity index is 625. The van der Waals surface area contributed by atoms with Crippen LogP contribution in [-0.4, -0.2) is 16.6 Å².